The van der Waals surface area contributed by atoms with Crippen molar-refractivity contribution in [1.82, 2.24) is 24.8 Å². The SMILES string of the molecule is Cc1c[nH]c2ncc(-c3cc4c(c([C@@H]5CCCN5C(=O)O)c3)CN(C(=O)c3cccnc3)CC4)cc12. The number of carbonyl (C=O) groups is 2. The molecule has 2 amide bonds. The normalized spacial score (nSPS) is 17.4. The van der Waals surface area contributed by atoms with Gasteiger partial charge in [-0.25, -0.2) is 9.78 Å². The predicted octanol–water partition coefficient (Wildman–Crippen LogP) is 4.95. The van der Waals surface area contributed by atoms with Gasteiger partial charge in [0.15, 0.2) is 0 Å². The monoisotopic (exact) mass is 481 g/mol. The molecule has 36 heavy (non-hydrogen) atoms. The molecule has 2 aliphatic heterocycles. The average molecular weight is 482 g/mol. The molecule has 1 saturated heterocycles. The molecule has 2 aliphatic rings. The van der Waals surface area contributed by atoms with Gasteiger partial charge < -0.3 is 19.9 Å². The molecular formula is C28H27N5O3. The van der Waals surface area contributed by atoms with Gasteiger partial charge in [-0.3, -0.25) is 9.78 Å². The van der Waals surface area contributed by atoms with E-state index >= 15 is 0 Å². The van der Waals surface area contributed by atoms with Crippen LogP contribution in [0.25, 0.3) is 22.2 Å². The van der Waals surface area contributed by atoms with Crippen molar-refractivity contribution in [2.45, 2.75) is 38.8 Å². The summed E-state index contributed by atoms with van der Waals surface area (Å²) in [6, 6.07) is 9.77. The van der Waals surface area contributed by atoms with E-state index in [1.165, 1.54) is 5.56 Å². The van der Waals surface area contributed by atoms with Crippen LogP contribution in [0.3, 0.4) is 0 Å². The first-order valence-corrected chi connectivity index (χ1v) is 12.3. The molecule has 1 fully saturated rings. The lowest BCUT2D eigenvalue weighted by Gasteiger charge is -2.33. The predicted molar refractivity (Wildman–Crippen MR) is 136 cm³/mol. The molecule has 1 aromatic carbocycles. The van der Waals surface area contributed by atoms with E-state index in [1.54, 1.807) is 29.4 Å². The van der Waals surface area contributed by atoms with E-state index in [9.17, 15) is 14.7 Å². The van der Waals surface area contributed by atoms with Gasteiger partial charge in [-0.15, -0.1) is 0 Å². The summed E-state index contributed by atoms with van der Waals surface area (Å²) in [7, 11) is 0. The standard InChI is InChI=1S/C28H27N5O3/c1-17-13-30-26-22(17)12-21(15-31-26)20-10-18-6-9-32(27(34)19-4-2-7-29-14-19)16-24(18)23(11-20)25-5-3-8-33(25)28(35)36/h2,4,7,10-15,25H,3,5-6,8-9,16H2,1H3,(H,30,31)(H,35,36)/t25-/m0/s1. The number of pyridine rings is 2. The molecule has 8 heteroatoms. The minimum absolute atomic E-state index is 0.0529. The zero-order chi connectivity index (χ0) is 24.8. The summed E-state index contributed by atoms with van der Waals surface area (Å²) in [5, 5.41) is 11.0. The number of aromatic nitrogens is 3. The second-order valence-corrected chi connectivity index (χ2v) is 9.65. The third-order valence-corrected chi connectivity index (χ3v) is 7.50. The second kappa shape index (κ2) is 8.78. The van der Waals surface area contributed by atoms with E-state index in [2.05, 4.69) is 40.1 Å². The Morgan fingerprint density at radius 1 is 1.14 bits per heavy atom. The third kappa shape index (κ3) is 3.79. The molecule has 0 spiro atoms. The van der Waals surface area contributed by atoms with Crippen LogP contribution in [0.4, 0.5) is 4.79 Å². The number of benzene rings is 1. The zero-order valence-electron chi connectivity index (χ0n) is 20.1. The topological polar surface area (TPSA) is 102 Å². The van der Waals surface area contributed by atoms with E-state index < -0.39 is 6.09 Å². The van der Waals surface area contributed by atoms with Crippen molar-refractivity contribution < 1.29 is 14.7 Å². The van der Waals surface area contributed by atoms with Crippen molar-refractivity contribution in [2.75, 3.05) is 13.1 Å². The Kier molecular flexibility index (Phi) is 5.44. The molecule has 0 saturated carbocycles. The van der Waals surface area contributed by atoms with Gasteiger partial charge in [0.05, 0.1) is 11.6 Å². The number of rotatable bonds is 3. The number of aryl methyl sites for hydroxylation is 1. The fourth-order valence-electron chi connectivity index (χ4n) is 5.62. The smallest absolute Gasteiger partial charge is 0.407 e. The Balaban J connectivity index is 1.44. The van der Waals surface area contributed by atoms with Crippen LogP contribution >= 0.6 is 0 Å². The second-order valence-electron chi connectivity index (χ2n) is 9.65. The number of fused-ring (bicyclic) bond motifs is 2. The Morgan fingerprint density at radius 2 is 2.03 bits per heavy atom. The molecule has 182 valence electrons. The molecule has 0 aliphatic carbocycles. The Bertz CT molecular complexity index is 1480. The first kappa shape index (κ1) is 22.3. The minimum Gasteiger partial charge on any atom is -0.465 e. The van der Waals surface area contributed by atoms with Gasteiger partial charge in [0, 0.05) is 55.4 Å². The number of likely N-dealkylation sites (tertiary alicyclic amines) is 1. The lowest BCUT2D eigenvalue weighted by Crippen LogP contribution is -2.37. The Hall–Kier alpha value is -4.20. The number of hydrogen-bond donors (Lipinski definition) is 2. The number of carboxylic acid groups (broad SMARTS) is 1. The van der Waals surface area contributed by atoms with Gasteiger partial charge in [-0.2, -0.15) is 0 Å². The van der Waals surface area contributed by atoms with E-state index in [0.717, 1.165) is 51.7 Å². The summed E-state index contributed by atoms with van der Waals surface area (Å²) in [4.78, 5) is 40.6. The number of nitrogens with one attached hydrogen (secondary N) is 1. The summed E-state index contributed by atoms with van der Waals surface area (Å²) in [6.45, 7) is 3.63. The van der Waals surface area contributed by atoms with Crippen molar-refractivity contribution >= 4 is 23.0 Å². The van der Waals surface area contributed by atoms with Gasteiger partial charge in [0.2, 0.25) is 0 Å². The van der Waals surface area contributed by atoms with Crippen LogP contribution in [0, 0.1) is 6.92 Å². The number of nitrogens with zero attached hydrogens (tertiary/aromatic N) is 4. The molecular weight excluding hydrogens is 454 g/mol. The maximum absolute atomic E-state index is 13.2. The highest BCUT2D eigenvalue weighted by atomic mass is 16.4. The van der Waals surface area contributed by atoms with E-state index in [-0.39, 0.29) is 11.9 Å². The summed E-state index contributed by atoms with van der Waals surface area (Å²) in [5.74, 6) is -0.0529. The van der Waals surface area contributed by atoms with Crippen LogP contribution in [0.1, 0.15) is 51.5 Å². The number of H-pyrrole nitrogens is 1. The van der Waals surface area contributed by atoms with Crippen molar-refractivity contribution in [3.63, 3.8) is 0 Å². The van der Waals surface area contributed by atoms with Crippen LogP contribution in [-0.4, -0.2) is 54.9 Å². The first-order chi connectivity index (χ1) is 17.5. The van der Waals surface area contributed by atoms with E-state index in [1.807, 2.05) is 17.3 Å². The van der Waals surface area contributed by atoms with Crippen LogP contribution in [0.15, 0.2) is 55.1 Å². The van der Waals surface area contributed by atoms with Gasteiger partial charge in [-0.05, 0) is 78.3 Å². The molecule has 4 aromatic rings. The molecule has 0 radical (unpaired) electrons. The molecule has 0 unspecified atom stereocenters. The number of amides is 2. The summed E-state index contributed by atoms with van der Waals surface area (Å²) in [6.07, 6.45) is 8.48. The molecule has 2 N–H and O–H groups in total. The van der Waals surface area contributed by atoms with Gasteiger partial charge in [0.25, 0.3) is 5.91 Å². The maximum atomic E-state index is 13.2. The highest BCUT2D eigenvalue weighted by Gasteiger charge is 2.34. The highest BCUT2D eigenvalue weighted by Crippen LogP contribution is 2.40. The Labute approximate surface area is 208 Å². The van der Waals surface area contributed by atoms with Crippen molar-refractivity contribution in [1.29, 1.82) is 0 Å². The van der Waals surface area contributed by atoms with Crippen molar-refractivity contribution in [3.8, 4) is 11.1 Å². The first-order valence-electron chi connectivity index (χ1n) is 12.3. The molecule has 0 bridgehead atoms. The van der Waals surface area contributed by atoms with Crippen LogP contribution < -0.4 is 0 Å². The fraction of sp³-hybridized carbons (Fsp3) is 0.286. The van der Waals surface area contributed by atoms with Gasteiger partial charge >= 0.3 is 6.09 Å². The lowest BCUT2D eigenvalue weighted by atomic mass is 9.86. The number of hydrogen-bond acceptors (Lipinski definition) is 4. The minimum atomic E-state index is -0.901. The van der Waals surface area contributed by atoms with Crippen LogP contribution in [0.5, 0.6) is 0 Å². The number of aromatic amines is 1. The number of carbonyl (C=O) groups excluding carboxylic acids is 1. The van der Waals surface area contributed by atoms with Crippen molar-refractivity contribution in [2.24, 2.45) is 0 Å². The molecule has 6 rings (SSSR count). The summed E-state index contributed by atoms with van der Waals surface area (Å²) >= 11 is 0. The Morgan fingerprint density at radius 3 is 2.83 bits per heavy atom. The zero-order valence-corrected chi connectivity index (χ0v) is 20.1. The highest BCUT2D eigenvalue weighted by molar-refractivity contribution is 5.94. The van der Waals surface area contributed by atoms with E-state index in [0.29, 0.717) is 31.6 Å². The largest absolute Gasteiger partial charge is 0.465 e. The average Bonchev–Trinajstić information content (AvgIpc) is 3.55. The fourth-order valence-corrected chi connectivity index (χ4v) is 5.62. The van der Waals surface area contributed by atoms with Crippen molar-refractivity contribution in [3.05, 3.63) is 82.9 Å². The molecule has 3 aromatic heterocycles. The third-order valence-electron chi connectivity index (χ3n) is 7.50. The molecule has 5 heterocycles. The summed E-state index contributed by atoms with van der Waals surface area (Å²) in [5.41, 5.74) is 7.81. The summed E-state index contributed by atoms with van der Waals surface area (Å²) < 4.78 is 0. The van der Waals surface area contributed by atoms with E-state index in [4.69, 9.17) is 0 Å². The maximum Gasteiger partial charge on any atom is 0.407 e. The quantitative estimate of drug-likeness (QED) is 0.431. The van der Waals surface area contributed by atoms with Crippen LogP contribution in [0.2, 0.25) is 0 Å². The molecule has 8 nitrogen and oxygen atoms in total. The van der Waals surface area contributed by atoms with Gasteiger partial charge in [-0.1, -0.05) is 6.07 Å². The molecule has 1 atom stereocenters. The van der Waals surface area contributed by atoms with Crippen LogP contribution in [-0.2, 0) is 13.0 Å². The lowest BCUT2D eigenvalue weighted by molar-refractivity contribution is 0.0732. The van der Waals surface area contributed by atoms with Gasteiger partial charge in [0.1, 0.15) is 5.65 Å².